The molecule has 0 spiro atoms. The lowest BCUT2D eigenvalue weighted by Crippen LogP contribution is -2.46. The Bertz CT molecular complexity index is 1550. The fourth-order valence-corrected chi connectivity index (χ4v) is 5.87. The normalized spacial score (nSPS) is 23.8. The number of carbonyl (C=O) groups is 4. The lowest BCUT2D eigenvalue weighted by Gasteiger charge is -2.32. The Labute approximate surface area is 226 Å². The summed E-state index contributed by atoms with van der Waals surface area (Å²) in [5, 5.41) is 0. The molecule has 6 nitrogen and oxygen atoms in total. The number of para-hydroxylation sites is 1. The minimum absolute atomic E-state index is 0.144. The molecule has 188 valence electrons. The van der Waals surface area contributed by atoms with Gasteiger partial charge in [-0.2, -0.15) is 0 Å². The first kappa shape index (κ1) is 24.2. The van der Waals surface area contributed by atoms with Gasteiger partial charge in [0.2, 0.25) is 11.8 Å². The first-order valence-corrected chi connectivity index (χ1v) is 12.9. The molecule has 2 amide bonds. The number of hydrogen-bond acceptors (Lipinski definition) is 5. The zero-order valence-electron chi connectivity index (χ0n) is 19.8. The van der Waals surface area contributed by atoms with Crippen LogP contribution >= 0.6 is 15.9 Å². The molecule has 0 bridgehead atoms. The minimum atomic E-state index is -1.05. The highest BCUT2D eigenvalue weighted by molar-refractivity contribution is 9.10. The van der Waals surface area contributed by atoms with Gasteiger partial charge in [0.1, 0.15) is 11.9 Å². The van der Waals surface area contributed by atoms with Gasteiger partial charge in [-0.05, 0) is 30.3 Å². The van der Waals surface area contributed by atoms with E-state index in [4.69, 9.17) is 0 Å². The van der Waals surface area contributed by atoms with Crippen molar-refractivity contribution in [2.75, 3.05) is 4.90 Å². The Morgan fingerprint density at radius 1 is 0.789 bits per heavy atom. The van der Waals surface area contributed by atoms with Gasteiger partial charge in [0, 0.05) is 27.4 Å². The van der Waals surface area contributed by atoms with Crippen LogP contribution in [0.1, 0.15) is 20.7 Å². The maximum Gasteiger partial charge on any atom is 0.240 e. The summed E-state index contributed by atoms with van der Waals surface area (Å²) in [6, 6.07) is 19.3. The van der Waals surface area contributed by atoms with Gasteiger partial charge < -0.3 is 4.90 Å². The summed E-state index contributed by atoms with van der Waals surface area (Å²) in [6.45, 7) is 0. The molecule has 8 heteroatoms. The molecule has 0 aliphatic carbocycles. The smallest absolute Gasteiger partial charge is 0.240 e. The number of fused-ring (bicyclic) bond motifs is 3. The molecule has 2 fully saturated rings. The van der Waals surface area contributed by atoms with E-state index in [-0.39, 0.29) is 17.3 Å². The van der Waals surface area contributed by atoms with Crippen LogP contribution in [0, 0.1) is 17.7 Å². The van der Waals surface area contributed by atoms with Crippen molar-refractivity contribution < 1.29 is 23.6 Å². The van der Waals surface area contributed by atoms with Crippen LogP contribution in [0.4, 0.5) is 10.1 Å². The van der Waals surface area contributed by atoms with E-state index in [1.165, 1.54) is 18.2 Å². The van der Waals surface area contributed by atoms with Crippen LogP contribution in [0.3, 0.4) is 0 Å². The summed E-state index contributed by atoms with van der Waals surface area (Å²) >= 11 is 3.36. The summed E-state index contributed by atoms with van der Waals surface area (Å²) in [7, 11) is 0. The first-order valence-electron chi connectivity index (χ1n) is 12.1. The monoisotopic (exact) mass is 570 g/mol. The topological polar surface area (TPSA) is 74.8 Å². The maximum atomic E-state index is 14.7. The zero-order chi connectivity index (χ0) is 26.6. The Kier molecular flexibility index (Phi) is 5.91. The van der Waals surface area contributed by atoms with E-state index in [0.29, 0.717) is 16.7 Å². The number of allylic oxidation sites excluding steroid dienone is 2. The number of ketones is 2. The number of rotatable bonds is 5. The third kappa shape index (κ3) is 3.75. The third-order valence-electron chi connectivity index (χ3n) is 7.34. The molecule has 3 heterocycles. The number of imide groups is 1. The Balaban J connectivity index is 1.44. The fourth-order valence-electron chi connectivity index (χ4n) is 5.61. The lowest BCUT2D eigenvalue weighted by atomic mass is 9.85. The van der Waals surface area contributed by atoms with Crippen molar-refractivity contribution in [2.45, 2.75) is 12.1 Å². The number of carbonyl (C=O) groups excluding carboxylic acids is 4. The predicted molar refractivity (Wildman–Crippen MR) is 142 cm³/mol. The highest BCUT2D eigenvalue weighted by Gasteiger charge is 2.63. The quantitative estimate of drug-likeness (QED) is 0.320. The Morgan fingerprint density at radius 2 is 1.45 bits per heavy atom. The standard InChI is InChI=1S/C30H20BrFN2O4/c31-20-12-10-18(11-13-20)28(36)26-25-24(29(37)34(30(25)38)22-9-5-4-8-21(22)32)23-16-19(14-15-33(23)26)27(35)17-6-2-1-3-7-17/h1-16,23-26H/t23-,24-,25-,26+/m1/s1. The van der Waals surface area contributed by atoms with Crippen molar-refractivity contribution in [1.82, 2.24) is 4.90 Å². The van der Waals surface area contributed by atoms with Gasteiger partial charge in [-0.25, -0.2) is 9.29 Å². The number of hydrogen-bond donors (Lipinski definition) is 0. The number of amides is 2. The van der Waals surface area contributed by atoms with Gasteiger partial charge in [-0.15, -0.1) is 0 Å². The summed E-state index contributed by atoms with van der Waals surface area (Å²) in [5.74, 6) is -4.51. The van der Waals surface area contributed by atoms with Crippen LogP contribution in [-0.4, -0.2) is 40.4 Å². The Morgan fingerprint density at radius 3 is 2.16 bits per heavy atom. The van der Waals surface area contributed by atoms with E-state index >= 15 is 0 Å². The van der Waals surface area contributed by atoms with Gasteiger partial charge in [0.15, 0.2) is 11.6 Å². The molecule has 0 saturated carbocycles. The molecule has 3 aliphatic heterocycles. The molecular formula is C30H20BrFN2O4. The third-order valence-corrected chi connectivity index (χ3v) is 7.87. The predicted octanol–water partition coefficient (Wildman–Crippen LogP) is 4.97. The van der Waals surface area contributed by atoms with Crippen molar-refractivity contribution in [3.8, 4) is 0 Å². The molecule has 0 N–H and O–H groups in total. The van der Waals surface area contributed by atoms with E-state index in [9.17, 15) is 23.6 Å². The first-order chi connectivity index (χ1) is 18.4. The van der Waals surface area contributed by atoms with Gasteiger partial charge in [-0.1, -0.05) is 76.6 Å². The molecule has 2 saturated heterocycles. The van der Waals surface area contributed by atoms with Crippen LogP contribution in [-0.2, 0) is 9.59 Å². The van der Waals surface area contributed by atoms with Crippen LogP contribution in [0.15, 0.2) is 107 Å². The van der Waals surface area contributed by atoms with E-state index < -0.39 is 41.6 Å². The second-order valence-electron chi connectivity index (χ2n) is 9.40. The number of benzene rings is 3. The minimum Gasteiger partial charge on any atom is -0.359 e. The van der Waals surface area contributed by atoms with Crippen LogP contribution in [0.2, 0.25) is 0 Å². The van der Waals surface area contributed by atoms with Crippen molar-refractivity contribution >= 4 is 45.0 Å². The van der Waals surface area contributed by atoms with Gasteiger partial charge in [0.25, 0.3) is 0 Å². The van der Waals surface area contributed by atoms with E-state index in [2.05, 4.69) is 15.9 Å². The maximum absolute atomic E-state index is 14.7. The van der Waals surface area contributed by atoms with Crippen molar-refractivity contribution in [1.29, 1.82) is 0 Å². The molecule has 0 aromatic heterocycles. The second-order valence-corrected chi connectivity index (χ2v) is 10.3. The van der Waals surface area contributed by atoms with Crippen LogP contribution in [0.5, 0.6) is 0 Å². The van der Waals surface area contributed by atoms with Gasteiger partial charge in [-0.3, -0.25) is 19.2 Å². The lowest BCUT2D eigenvalue weighted by molar-refractivity contribution is -0.123. The number of anilines is 1. The second kappa shape index (κ2) is 9.29. The number of halogens is 2. The molecule has 3 aliphatic rings. The molecule has 38 heavy (non-hydrogen) atoms. The fraction of sp³-hybridized carbons (Fsp3) is 0.133. The van der Waals surface area contributed by atoms with Crippen LogP contribution in [0.25, 0.3) is 0 Å². The molecule has 0 unspecified atom stereocenters. The summed E-state index contributed by atoms with van der Waals surface area (Å²) < 4.78 is 15.5. The number of nitrogens with zero attached hydrogens (tertiary/aromatic N) is 2. The molecule has 3 aromatic carbocycles. The molecular weight excluding hydrogens is 551 g/mol. The molecule has 4 atom stereocenters. The summed E-state index contributed by atoms with van der Waals surface area (Å²) in [4.78, 5) is 57.1. The molecule has 6 rings (SSSR count). The van der Waals surface area contributed by atoms with Gasteiger partial charge >= 0.3 is 0 Å². The average Bonchev–Trinajstić information content (AvgIpc) is 3.41. The Hall–Kier alpha value is -4.17. The highest BCUT2D eigenvalue weighted by atomic mass is 79.9. The zero-order valence-corrected chi connectivity index (χ0v) is 21.4. The summed E-state index contributed by atoms with van der Waals surface area (Å²) in [5.41, 5.74) is 1.08. The van der Waals surface area contributed by atoms with Crippen molar-refractivity contribution in [3.05, 3.63) is 124 Å². The SMILES string of the molecule is O=C(C1=C[C@@H]2[C@H]3C(=O)N(c4ccccc4F)C(=O)[C@H]3[C@@H](C(=O)c3ccc(Br)cc3)N2C=C1)c1ccccc1. The molecule has 0 radical (unpaired) electrons. The average molecular weight is 571 g/mol. The largest absolute Gasteiger partial charge is 0.359 e. The van der Waals surface area contributed by atoms with E-state index in [1.807, 2.05) is 6.07 Å². The van der Waals surface area contributed by atoms with Crippen molar-refractivity contribution in [3.63, 3.8) is 0 Å². The molecule has 3 aromatic rings. The highest BCUT2D eigenvalue weighted by Crippen LogP contribution is 2.47. The van der Waals surface area contributed by atoms with Crippen LogP contribution < -0.4 is 4.90 Å². The van der Waals surface area contributed by atoms with E-state index in [1.54, 1.807) is 77.8 Å². The van der Waals surface area contributed by atoms with Crippen molar-refractivity contribution in [2.24, 2.45) is 11.8 Å². The summed E-state index contributed by atoms with van der Waals surface area (Å²) in [6.07, 6.45) is 4.88. The van der Waals surface area contributed by atoms with E-state index in [0.717, 1.165) is 9.37 Å². The van der Waals surface area contributed by atoms with Gasteiger partial charge in [0.05, 0.1) is 23.6 Å². The number of Topliss-reactive ketones (excluding diaryl/α,β-unsaturated/α-hetero) is 2.